The van der Waals surface area contributed by atoms with Gasteiger partial charge in [0.2, 0.25) is 0 Å². The molecular weight excluding hydrogens is 234 g/mol. The van der Waals surface area contributed by atoms with Gasteiger partial charge >= 0.3 is 6.09 Å². The lowest BCUT2D eigenvalue weighted by Gasteiger charge is -2.45. The van der Waals surface area contributed by atoms with Crippen LogP contribution in [0.1, 0.15) is 46.5 Å². The number of aliphatic hydroxyl groups is 1. The van der Waals surface area contributed by atoms with Crippen LogP contribution in [-0.2, 0) is 4.74 Å². The summed E-state index contributed by atoms with van der Waals surface area (Å²) in [6.07, 6.45) is 1.99. The van der Waals surface area contributed by atoms with E-state index >= 15 is 0 Å². The molecule has 0 radical (unpaired) electrons. The summed E-state index contributed by atoms with van der Waals surface area (Å²) < 4.78 is 5.39. The second-order valence-corrected chi connectivity index (χ2v) is 6.10. The zero-order valence-electron chi connectivity index (χ0n) is 11.8. The number of ether oxygens (including phenoxy) is 1. The fourth-order valence-corrected chi connectivity index (χ4v) is 2.80. The van der Waals surface area contributed by atoms with Gasteiger partial charge in [-0.1, -0.05) is 0 Å². The first-order valence-corrected chi connectivity index (χ1v) is 6.44. The molecule has 0 unspecified atom stereocenters. The maximum atomic E-state index is 11.4. The summed E-state index contributed by atoms with van der Waals surface area (Å²) in [6, 6.07) is 0.0114. The molecule has 0 aromatic heterocycles. The molecule has 2 N–H and O–H groups in total. The Balaban J connectivity index is 2.74. The van der Waals surface area contributed by atoms with Gasteiger partial charge in [0.25, 0.3) is 0 Å². The first-order chi connectivity index (χ1) is 8.25. The summed E-state index contributed by atoms with van der Waals surface area (Å²) in [5.74, 6) is 0. The number of hydrogen-bond donors (Lipinski definition) is 2. The zero-order valence-corrected chi connectivity index (χ0v) is 11.8. The third kappa shape index (κ3) is 3.14. The molecule has 18 heavy (non-hydrogen) atoms. The molecule has 1 saturated carbocycles. The molecule has 0 saturated heterocycles. The summed E-state index contributed by atoms with van der Waals surface area (Å²) in [5, 5.41) is 18.7. The molecule has 0 bridgehead atoms. The van der Waals surface area contributed by atoms with Crippen molar-refractivity contribution in [2.75, 3.05) is 13.7 Å². The van der Waals surface area contributed by atoms with Crippen molar-refractivity contribution in [2.45, 2.75) is 63.6 Å². The van der Waals surface area contributed by atoms with Crippen molar-refractivity contribution >= 4 is 6.09 Å². The van der Waals surface area contributed by atoms with Gasteiger partial charge in [0, 0.05) is 18.7 Å². The van der Waals surface area contributed by atoms with E-state index < -0.39 is 17.2 Å². The Bertz CT molecular complexity index is 284. The summed E-state index contributed by atoms with van der Waals surface area (Å²) in [4.78, 5) is 12.9. The highest BCUT2D eigenvalue weighted by molar-refractivity contribution is 5.66. The lowest BCUT2D eigenvalue weighted by molar-refractivity contribution is -0.0904. The van der Waals surface area contributed by atoms with Crippen LogP contribution < -0.4 is 0 Å². The largest absolute Gasteiger partial charge is 0.465 e. The van der Waals surface area contributed by atoms with E-state index in [4.69, 9.17) is 4.74 Å². The maximum absolute atomic E-state index is 11.4. The number of nitrogens with zero attached hydrogens (tertiary/aromatic N) is 1. The average molecular weight is 259 g/mol. The quantitative estimate of drug-likeness (QED) is 0.814. The first-order valence-electron chi connectivity index (χ1n) is 6.44. The Morgan fingerprint density at radius 3 is 2.17 bits per heavy atom. The topological polar surface area (TPSA) is 70.0 Å². The maximum Gasteiger partial charge on any atom is 0.407 e. The van der Waals surface area contributed by atoms with Crippen LogP contribution in [0.15, 0.2) is 0 Å². The molecule has 1 rings (SSSR count). The molecular formula is C13H25NO4. The van der Waals surface area contributed by atoms with Crippen molar-refractivity contribution in [3.05, 3.63) is 0 Å². The number of amides is 1. The fraction of sp³-hybridized carbons (Fsp3) is 0.923. The van der Waals surface area contributed by atoms with Gasteiger partial charge < -0.3 is 19.8 Å². The van der Waals surface area contributed by atoms with E-state index in [1.165, 1.54) is 4.90 Å². The molecule has 1 aliphatic carbocycles. The van der Waals surface area contributed by atoms with E-state index in [1.54, 1.807) is 7.11 Å². The lowest BCUT2D eigenvalue weighted by atomic mass is 9.81. The molecule has 0 aromatic rings. The predicted molar refractivity (Wildman–Crippen MR) is 68.7 cm³/mol. The molecule has 1 amide bonds. The predicted octanol–water partition coefficient (Wildman–Crippen LogP) is 2.08. The van der Waals surface area contributed by atoms with Gasteiger partial charge in [0.15, 0.2) is 0 Å². The molecule has 0 atom stereocenters. The smallest absolute Gasteiger partial charge is 0.407 e. The summed E-state index contributed by atoms with van der Waals surface area (Å²) in [5.41, 5.74) is -0.874. The number of aliphatic hydroxyl groups excluding tert-OH is 1. The summed E-state index contributed by atoms with van der Waals surface area (Å²) in [7, 11) is 1.61. The first kappa shape index (κ1) is 15.2. The monoisotopic (exact) mass is 259 g/mol. The normalized spacial score (nSPS) is 29.1. The second-order valence-electron chi connectivity index (χ2n) is 6.10. The van der Waals surface area contributed by atoms with Crippen LogP contribution in [0.2, 0.25) is 0 Å². The second kappa shape index (κ2) is 5.45. The van der Waals surface area contributed by atoms with Gasteiger partial charge in [-0.15, -0.1) is 0 Å². The molecule has 0 spiro atoms. The molecule has 5 nitrogen and oxygen atoms in total. The zero-order chi connectivity index (χ0) is 14.0. The van der Waals surface area contributed by atoms with Crippen molar-refractivity contribution in [1.29, 1.82) is 0 Å². The van der Waals surface area contributed by atoms with Gasteiger partial charge in [0.1, 0.15) is 0 Å². The van der Waals surface area contributed by atoms with Crippen LogP contribution in [0.5, 0.6) is 0 Å². The van der Waals surface area contributed by atoms with Crippen LogP contribution in [0.25, 0.3) is 0 Å². The van der Waals surface area contributed by atoms with E-state index in [9.17, 15) is 15.0 Å². The van der Waals surface area contributed by atoms with E-state index in [1.807, 2.05) is 20.8 Å². The number of hydrogen-bond acceptors (Lipinski definition) is 3. The van der Waals surface area contributed by atoms with Crippen LogP contribution in [0, 0.1) is 0 Å². The molecule has 1 aliphatic rings. The molecule has 0 heterocycles. The lowest BCUT2D eigenvalue weighted by Crippen LogP contribution is -2.54. The molecule has 0 aromatic carbocycles. The Labute approximate surface area is 109 Å². The van der Waals surface area contributed by atoms with Crippen LogP contribution in [0.3, 0.4) is 0 Å². The van der Waals surface area contributed by atoms with Gasteiger partial charge in [-0.05, 0) is 46.5 Å². The van der Waals surface area contributed by atoms with Gasteiger partial charge in [-0.2, -0.15) is 0 Å². The number of carboxylic acid groups (broad SMARTS) is 1. The highest BCUT2D eigenvalue weighted by Gasteiger charge is 2.40. The average Bonchev–Trinajstić information content (AvgIpc) is 2.28. The van der Waals surface area contributed by atoms with E-state index in [2.05, 4.69) is 0 Å². The van der Waals surface area contributed by atoms with Crippen LogP contribution in [0.4, 0.5) is 4.79 Å². The summed E-state index contributed by atoms with van der Waals surface area (Å²) >= 11 is 0. The molecule has 1 fully saturated rings. The Kier molecular flexibility index (Phi) is 4.61. The Morgan fingerprint density at radius 2 is 1.89 bits per heavy atom. The van der Waals surface area contributed by atoms with Crippen molar-refractivity contribution in [3.8, 4) is 0 Å². The third-order valence-electron chi connectivity index (χ3n) is 3.88. The molecule has 106 valence electrons. The minimum atomic E-state index is -0.874. The van der Waals surface area contributed by atoms with Crippen molar-refractivity contribution < 1.29 is 19.7 Å². The Morgan fingerprint density at radius 1 is 1.39 bits per heavy atom. The number of carbonyl (C=O) groups is 1. The van der Waals surface area contributed by atoms with Gasteiger partial charge in [-0.25, -0.2) is 4.79 Å². The van der Waals surface area contributed by atoms with Crippen LogP contribution >= 0.6 is 0 Å². The fourth-order valence-electron chi connectivity index (χ4n) is 2.80. The highest BCUT2D eigenvalue weighted by Crippen LogP contribution is 2.35. The van der Waals surface area contributed by atoms with Crippen molar-refractivity contribution in [3.63, 3.8) is 0 Å². The van der Waals surface area contributed by atoms with E-state index in [0.717, 1.165) is 12.8 Å². The van der Waals surface area contributed by atoms with Gasteiger partial charge in [0.05, 0.1) is 12.2 Å². The standard InChI is InChI=1S/C13H25NO4/c1-12(2,3)14(11(16)17)10-5-7-13(9-15,18-4)8-6-10/h10,15H,5-9H2,1-4H3,(H,16,17)/t10-,13+. The van der Waals surface area contributed by atoms with Crippen molar-refractivity contribution in [1.82, 2.24) is 4.90 Å². The van der Waals surface area contributed by atoms with Crippen LogP contribution in [-0.4, -0.2) is 52.1 Å². The number of methoxy groups -OCH3 is 1. The highest BCUT2D eigenvalue weighted by atomic mass is 16.5. The minimum Gasteiger partial charge on any atom is -0.465 e. The summed E-state index contributed by atoms with van der Waals surface area (Å²) in [6.45, 7) is 5.72. The number of rotatable bonds is 3. The van der Waals surface area contributed by atoms with Crippen molar-refractivity contribution in [2.24, 2.45) is 0 Å². The minimum absolute atomic E-state index is 0.00118. The SMILES string of the molecule is CO[C@]1(CO)CC[C@H](N(C(=O)O)C(C)(C)C)CC1. The third-order valence-corrected chi connectivity index (χ3v) is 3.88. The molecule has 5 heteroatoms. The Hall–Kier alpha value is -0.810. The molecule has 0 aliphatic heterocycles. The van der Waals surface area contributed by atoms with E-state index in [0.29, 0.717) is 12.8 Å². The van der Waals surface area contributed by atoms with Gasteiger partial charge in [-0.3, -0.25) is 0 Å². The van der Waals surface area contributed by atoms with E-state index in [-0.39, 0.29) is 12.6 Å².